The van der Waals surface area contributed by atoms with Gasteiger partial charge in [0.15, 0.2) is 0 Å². The highest BCUT2D eigenvalue weighted by molar-refractivity contribution is 7.89. The van der Waals surface area contributed by atoms with Crippen LogP contribution in [-0.2, 0) is 17.1 Å². The summed E-state index contributed by atoms with van der Waals surface area (Å²) in [4.78, 5) is 0.197. The first kappa shape index (κ1) is 13.3. The monoisotopic (exact) mass is 286 g/mol. The fraction of sp³-hybridized carbons (Fsp3) is 0.273. The van der Waals surface area contributed by atoms with Gasteiger partial charge >= 0.3 is 0 Å². The summed E-state index contributed by atoms with van der Waals surface area (Å²) in [5.41, 5.74) is 0.718. The standard InChI is InChI=1S/C11H14N2O3S2/c1-13-4-2-10(7-13)18(15,16)12-6-11(14)9-3-5-17-8-9/h2-5,7-8,11-12,14H,6H2,1H3. The summed E-state index contributed by atoms with van der Waals surface area (Å²) >= 11 is 1.46. The van der Waals surface area contributed by atoms with Crippen LogP contribution in [0.5, 0.6) is 0 Å². The maximum Gasteiger partial charge on any atom is 0.242 e. The van der Waals surface area contributed by atoms with Crippen molar-refractivity contribution in [3.05, 3.63) is 40.8 Å². The number of hydrogen-bond donors (Lipinski definition) is 2. The van der Waals surface area contributed by atoms with Crippen molar-refractivity contribution < 1.29 is 13.5 Å². The number of sulfonamides is 1. The lowest BCUT2D eigenvalue weighted by atomic mass is 10.2. The molecule has 0 saturated heterocycles. The van der Waals surface area contributed by atoms with Gasteiger partial charge in [-0.2, -0.15) is 11.3 Å². The summed E-state index contributed by atoms with van der Waals surface area (Å²) in [5.74, 6) is 0. The number of aliphatic hydroxyl groups excluding tert-OH is 1. The summed E-state index contributed by atoms with van der Waals surface area (Å²) in [6.07, 6.45) is 2.35. The molecule has 0 amide bonds. The quantitative estimate of drug-likeness (QED) is 0.864. The van der Waals surface area contributed by atoms with E-state index in [1.165, 1.54) is 23.6 Å². The molecule has 0 aliphatic heterocycles. The van der Waals surface area contributed by atoms with Crippen molar-refractivity contribution in [3.8, 4) is 0 Å². The Balaban J connectivity index is 2.02. The van der Waals surface area contributed by atoms with Gasteiger partial charge < -0.3 is 9.67 Å². The second-order valence-electron chi connectivity index (χ2n) is 3.94. The van der Waals surface area contributed by atoms with E-state index >= 15 is 0 Å². The minimum Gasteiger partial charge on any atom is -0.387 e. The van der Waals surface area contributed by atoms with Crippen LogP contribution in [0.4, 0.5) is 0 Å². The largest absolute Gasteiger partial charge is 0.387 e. The second kappa shape index (κ2) is 5.23. The van der Waals surface area contributed by atoms with Crippen molar-refractivity contribution in [2.75, 3.05) is 6.54 Å². The lowest BCUT2D eigenvalue weighted by Crippen LogP contribution is -2.28. The maximum absolute atomic E-state index is 11.9. The van der Waals surface area contributed by atoms with Crippen LogP contribution in [0.3, 0.4) is 0 Å². The molecule has 1 unspecified atom stereocenters. The molecule has 1 atom stereocenters. The molecule has 2 rings (SSSR count). The Morgan fingerprint density at radius 2 is 2.28 bits per heavy atom. The van der Waals surface area contributed by atoms with E-state index in [0.717, 1.165) is 5.56 Å². The van der Waals surface area contributed by atoms with Crippen molar-refractivity contribution in [1.29, 1.82) is 0 Å². The maximum atomic E-state index is 11.9. The molecule has 2 aromatic rings. The van der Waals surface area contributed by atoms with Crippen LogP contribution >= 0.6 is 11.3 Å². The first-order valence-corrected chi connectivity index (χ1v) is 7.73. The predicted octanol–water partition coefficient (Wildman–Crippen LogP) is 1.10. The lowest BCUT2D eigenvalue weighted by molar-refractivity contribution is 0.182. The Kier molecular flexibility index (Phi) is 3.86. The van der Waals surface area contributed by atoms with Crippen molar-refractivity contribution in [2.45, 2.75) is 11.0 Å². The molecule has 5 nitrogen and oxygen atoms in total. The molecule has 0 bridgehead atoms. The van der Waals surface area contributed by atoms with Gasteiger partial charge in [0, 0.05) is 26.0 Å². The van der Waals surface area contributed by atoms with Gasteiger partial charge in [0.1, 0.15) is 0 Å². The molecule has 0 aromatic carbocycles. The Bertz CT molecular complexity index is 602. The molecule has 0 aliphatic rings. The molecule has 98 valence electrons. The van der Waals surface area contributed by atoms with E-state index in [-0.39, 0.29) is 11.4 Å². The van der Waals surface area contributed by atoms with Crippen LogP contribution in [0.25, 0.3) is 0 Å². The Hall–Kier alpha value is -1.15. The van der Waals surface area contributed by atoms with Crippen LogP contribution in [0, 0.1) is 0 Å². The first-order chi connectivity index (χ1) is 8.49. The van der Waals surface area contributed by atoms with Crippen LogP contribution in [0.1, 0.15) is 11.7 Å². The van der Waals surface area contributed by atoms with Crippen LogP contribution in [0.2, 0.25) is 0 Å². The zero-order valence-corrected chi connectivity index (χ0v) is 11.4. The Labute approximate surface area is 110 Å². The smallest absolute Gasteiger partial charge is 0.242 e. The van der Waals surface area contributed by atoms with Gasteiger partial charge in [-0.1, -0.05) is 0 Å². The van der Waals surface area contributed by atoms with Crippen molar-refractivity contribution in [1.82, 2.24) is 9.29 Å². The molecule has 0 spiro atoms. The van der Waals surface area contributed by atoms with Crippen molar-refractivity contribution in [3.63, 3.8) is 0 Å². The normalized spacial score (nSPS) is 13.7. The summed E-state index contributed by atoms with van der Waals surface area (Å²) < 4.78 is 27.8. The summed E-state index contributed by atoms with van der Waals surface area (Å²) in [6.45, 7) is -0.0338. The number of aromatic nitrogens is 1. The fourth-order valence-electron chi connectivity index (χ4n) is 1.49. The number of rotatable bonds is 5. The van der Waals surface area contributed by atoms with Gasteiger partial charge in [-0.3, -0.25) is 0 Å². The van der Waals surface area contributed by atoms with Crippen molar-refractivity contribution >= 4 is 21.4 Å². The van der Waals surface area contributed by atoms with Gasteiger partial charge in [0.05, 0.1) is 11.0 Å². The van der Waals surface area contributed by atoms with E-state index in [0.29, 0.717) is 0 Å². The lowest BCUT2D eigenvalue weighted by Gasteiger charge is -2.10. The third kappa shape index (κ3) is 2.99. The summed E-state index contributed by atoms with van der Waals surface area (Å²) in [7, 11) is -1.80. The minimum atomic E-state index is -3.55. The van der Waals surface area contributed by atoms with Crippen LogP contribution in [0.15, 0.2) is 40.2 Å². The van der Waals surface area contributed by atoms with Gasteiger partial charge in [-0.05, 0) is 28.5 Å². The Morgan fingerprint density at radius 3 is 2.83 bits per heavy atom. The number of aliphatic hydroxyl groups is 1. The molecule has 7 heteroatoms. The number of nitrogens with one attached hydrogen (secondary N) is 1. The molecule has 2 aromatic heterocycles. The summed E-state index contributed by atoms with van der Waals surface area (Å²) in [6, 6.07) is 3.28. The first-order valence-electron chi connectivity index (χ1n) is 5.31. The molecule has 0 fully saturated rings. The molecule has 2 heterocycles. The third-order valence-electron chi connectivity index (χ3n) is 2.51. The number of aryl methyl sites for hydroxylation is 1. The molecule has 0 aliphatic carbocycles. The third-order valence-corrected chi connectivity index (χ3v) is 4.62. The SMILES string of the molecule is Cn1ccc(S(=O)(=O)NCC(O)c2ccsc2)c1. The molecule has 18 heavy (non-hydrogen) atoms. The van der Waals surface area contributed by atoms with Crippen molar-refractivity contribution in [2.24, 2.45) is 7.05 Å². The summed E-state index contributed by atoms with van der Waals surface area (Å²) in [5, 5.41) is 13.4. The average molecular weight is 286 g/mol. The Morgan fingerprint density at radius 1 is 1.50 bits per heavy atom. The van der Waals surface area contributed by atoms with Crippen LogP contribution in [-0.4, -0.2) is 24.6 Å². The molecule has 2 N–H and O–H groups in total. The van der Waals surface area contributed by atoms with E-state index in [4.69, 9.17) is 0 Å². The van der Waals surface area contributed by atoms with Gasteiger partial charge in [-0.25, -0.2) is 13.1 Å². The highest BCUT2D eigenvalue weighted by Crippen LogP contribution is 2.16. The number of hydrogen-bond acceptors (Lipinski definition) is 4. The van der Waals surface area contributed by atoms with E-state index in [9.17, 15) is 13.5 Å². The average Bonchev–Trinajstić information content (AvgIpc) is 2.96. The molecular formula is C11H14N2O3S2. The van der Waals surface area contributed by atoms with Crippen LogP contribution < -0.4 is 4.72 Å². The van der Waals surface area contributed by atoms with Gasteiger partial charge in [-0.15, -0.1) is 0 Å². The second-order valence-corrected chi connectivity index (χ2v) is 6.48. The van der Waals surface area contributed by atoms with E-state index in [1.54, 1.807) is 29.3 Å². The minimum absolute atomic E-state index is 0.0338. The number of nitrogens with zero attached hydrogens (tertiary/aromatic N) is 1. The van der Waals surface area contributed by atoms with E-state index in [2.05, 4.69) is 4.72 Å². The predicted molar refractivity (Wildman–Crippen MR) is 69.9 cm³/mol. The highest BCUT2D eigenvalue weighted by atomic mass is 32.2. The van der Waals surface area contributed by atoms with E-state index < -0.39 is 16.1 Å². The van der Waals surface area contributed by atoms with Gasteiger partial charge in [0.2, 0.25) is 10.0 Å². The zero-order valence-electron chi connectivity index (χ0n) is 9.78. The highest BCUT2D eigenvalue weighted by Gasteiger charge is 2.17. The number of thiophene rings is 1. The molecule has 0 radical (unpaired) electrons. The molecular weight excluding hydrogens is 272 g/mol. The van der Waals surface area contributed by atoms with Gasteiger partial charge in [0.25, 0.3) is 0 Å². The zero-order chi connectivity index (χ0) is 13.2. The fourth-order valence-corrected chi connectivity index (χ4v) is 3.29. The topological polar surface area (TPSA) is 71.3 Å². The van der Waals surface area contributed by atoms with E-state index in [1.807, 2.05) is 5.38 Å². The molecule has 0 saturated carbocycles.